The van der Waals surface area contributed by atoms with Gasteiger partial charge in [-0.15, -0.1) is 0 Å². The molecule has 4 nitrogen and oxygen atoms in total. The van der Waals surface area contributed by atoms with E-state index in [1.54, 1.807) is 0 Å². The van der Waals surface area contributed by atoms with E-state index in [-0.39, 0.29) is 5.41 Å². The fraction of sp³-hybridized carbons (Fsp3) is 0.467. The molecule has 0 aliphatic heterocycles. The van der Waals surface area contributed by atoms with Crippen molar-refractivity contribution in [3.05, 3.63) is 29.7 Å². The lowest BCUT2D eigenvalue weighted by Gasteiger charge is -2.19. The zero-order valence-corrected chi connectivity index (χ0v) is 11.3. The maximum absolute atomic E-state index is 9.12. The van der Waals surface area contributed by atoms with Crippen molar-refractivity contribution >= 4 is 11.1 Å². The molecule has 1 aromatic heterocycles. The molecule has 0 radical (unpaired) electrons. The molecule has 4 heteroatoms. The third-order valence-electron chi connectivity index (χ3n) is 3.68. The lowest BCUT2D eigenvalue weighted by Crippen LogP contribution is -2.25. The van der Waals surface area contributed by atoms with Gasteiger partial charge in [-0.25, -0.2) is 4.98 Å². The second-order valence-electron chi connectivity index (χ2n) is 5.60. The lowest BCUT2D eigenvalue weighted by molar-refractivity contribution is 0.286. The van der Waals surface area contributed by atoms with Crippen molar-refractivity contribution in [2.75, 3.05) is 13.6 Å². The van der Waals surface area contributed by atoms with Crippen LogP contribution in [0.3, 0.4) is 0 Å². The Hall–Kier alpha value is -1.86. The van der Waals surface area contributed by atoms with Gasteiger partial charge in [-0.2, -0.15) is 5.26 Å². The summed E-state index contributed by atoms with van der Waals surface area (Å²) in [6, 6.07) is 8.54. The first-order valence-electron chi connectivity index (χ1n) is 6.56. The summed E-state index contributed by atoms with van der Waals surface area (Å²) in [7, 11) is 2.06. The molecule has 0 atom stereocenters. The predicted molar refractivity (Wildman–Crippen MR) is 72.4 cm³/mol. The van der Waals surface area contributed by atoms with Crippen LogP contribution in [0.25, 0.3) is 11.1 Å². The quantitative estimate of drug-likeness (QED) is 0.843. The molecule has 19 heavy (non-hydrogen) atoms. The Morgan fingerprint density at radius 2 is 2.26 bits per heavy atom. The van der Waals surface area contributed by atoms with Crippen LogP contribution in [0.4, 0.5) is 0 Å². The molecule has 1 aliphatic rings. The van der Waals surface area contributed by atoms with Crippen molar-refractivity contribution < 1.29 is 4.42 Å². The number of nitriles is 1. The van der Waals surface area contributed by atoms with E-state index in [1.165, 1.54) is 5.56 Å². The molecule has 98 valence electrons. The molecule has 0 spiro atoms. The normalized spacial score (nSPS) is 16.7. The highest BCUT2D eigenvalue weighted by Crippen LogP contribution is 2.45. The molecule has 1 aliphatic carbocycles. The van der Waals surface area contributed by atoms with Crippen LogP contribution in [0.2, 0.25) is 0 Å². The van der Waals surface area contributed by atoms with E-state index < -0.39 is 0 Å². The predicted octanol–water partition coefficient (Wildman–Crippen LogP) is 2.87. The van der Waals surface area contributed by atoms with E-state index in [2.05, 4.69) is 29.1 Å². The van der Waals surface area contributed by atoms with Crippen molar-refractivity contribution in [3.8, 4) is 6.07 Å². The van der Waals surface area contributed by atoms with E-state index in [9.17, 15) is 0 Å². The van der Waals surface area contributed by atoms with Gasteiger partial charge in [0.1, 0.15) is 5.52 Å². The molecule has 0 N–H and O–H groups in total. The zero-order valence-electron chi connectivity index (χ0n) is 11.3. The summed E-state index contributed by atoms with van der Waals surface area (Å²) in [4.78, 5) is 6.50. The highest BCUT2D eigenvalue weighted by molar-refractivity contribution is 5.73. The van der Waals surface area contributed by atoms with Gasteiger partial charge in [0.25, 0.3) is 0 Å². The Morgan fingerprint density at radius 3 is 2.95 bits per heavy atom. The van der Waals surface area contributed by atoms with Crippen LogP contribution in [-0.4, -0.2) is 23.5 Å². The maximum Gasteiger partial charge on any atom is 0.192 e. The molecule has 0 unspecified atom stereocenters. The maximum atomic E-state index is 9.12. The zero-order chi connectivity index (χ0) is 13.5. The van der Waals surface area contributed by atoms with Gasteiger partial charge >= 0.3 is 0 Å². The Bertz CT molecular complexity index is 649. The summed E-state index contributed by atoms with van der Waals surface area (Å²) in [6.07, 6.45) is 2.07. The Morgan fingerprint density at radius 1 is 1.47 bits per heavy atom. The highest BCUT2D eigenvalue weighted by Gasteiger charge is 2.43. The summed E-state index contributed by atoms with van der Waals surface area (Å²) in [5.41, 5.74) is 2.85. The number of hydrogen-bond donors (Lipinski definition) is 0. The number of fused-ring (bicyclic) bond motifs is 1. The Labute approximate surface area is 112 Å². The number of aromatic nitrogens is 1. The molecule has 0 saturated heterocycles. The molecule has 1 aromatic carbocycles. The standard InChI is InChI=1S/C15H17N3O/c1-11-17-13-4-3-12(7-14(13)19-11)8-18(2)10-15(9-16)5-6-15/h3-4,7H,5-6,8,10H2,1-2H3. The van der Waals surface area contributed by atoms with Crippen molar-refractivity contribution in [2.24, 2.45) is 5.41 Å². The van der Waals surface area contributed by atoms with Crippen LogP contribution in [0, 0.1) is 23.7 Å². The summed E-state index contributed by atoms with van der Waals surface area (Å²) < 4.78 is 5.54. The molecular weight excluding hydrogens is 238 g/mol. The molecule has 1 saturated carbocycles. The smallest absolute Gasteiger partial charge is 0.192 e. The van der Waals surface area contributed by atoms with Gasteiger partial charge < -0.3 is 9.32 Å². The summed E-state index contributed by atoms with van der Waals surface area (Å²) in [5, 5.41) is 9.12. The van der Waals surface area contributed by atoms with Crippen LogP contribution in [0.1, 0.15) is 24.3 Å². The first-order chi connectivity index (χ1) is 9.10. The van der Waals surface area contributed by atoms with Crippen molar-refractivity contribution in [3.63, 3.8) is 0 Å². The van der Waals surface area contributed by atoms with Crippen LogP contribution < -0.4 is 0 Å². The van der Waals surface area contributed by atoms with Crippen molar-refractivity contribution in [2.45, 2.75) is 26.3 Å². The lowest BCUT2D eigenvalue weighted by atomic mass is 10.1. The largest absolute Gasteiger partial charge is 0.441 e. The first kappa shape index (κ1) is 12.2. The summed E-state index contributed by atoms with van der Waals surface area (Å²) in [6.45, 7) is 3.53. The average molecular weight is 255 g/mol. The SMILES string of the molecule is Cc1nc2ccc(CN(C)CC3(C#N)CC3)cc2o1. The van der Waals surface area contributed by atoms with E-state index in [0.29, 0.717) is 5.89 Å². The fourth-order valence-electron chi connectivity index (χ4n) is 2.52. The molecule has 1 fully saturated rings. The molecule has 3 rings (SSSR count). The highest BCUT2D eigenvalue weighted by atomic mass is 16.3. The number of nitrogens with zero attached hydrogens (tertiary/aromatic N) is 3. The summed E-state index contributed by atoms with van der Waals surface area (Å²) in [5.74, 6) is 0.696. The van der Waals surface area contributed by atoms with E-state index in [1.807, 2.05) is 19.1 Å². The number of rotatable bonds is 4. The van der Waals surface area contributed by atoms with Crippen LogP contribution in [0.5, 0.6) is 0 Å². The van der Waals surface area contributed by atoms with Gasteiger partial charge in [0.15, 0.2) is 11.5 Å². The topological polar surface area (TPSA) is 53.1 Å². The van der Waals surface area contributed by atoms with Crippen molar-refractivity contribution in [1.82, 2.24) is 9.88 Å². The third-order valence-corrected chi connectivity index (χ3v) is 3.68. The van der Waals surface area contributed by atoms with E-state index in [0.717, 1.165) is 37.0 Å². The fourth-order valence-corrected chi connectivity index (χ4v) is 2.52. The summed E-state index contributed by atoms with van der Waals surface area (Å²) >= 11 is 0. The van der Waals surface area contributed by atoms with Gasteiger partial charge in [-0.3, -0.25) is 0 Å². The van der Waals surface area contributed by atoms with Crippen LogP contribution >= 0.6 is 0 Å². The number of aryl methyl sites for hydroxylation is 1. The molecule has 2 aromatic rings. The van der Waals surface area contributed by atoms with Crippen molar-refractivity contribution in [1.29, 1.82) is 5.26 Å². The van der Waals surface area contributed by atoms with Gasteiger partial charge in [0.05, 0.1) is 11.5 Å². The second kappa shape index (κ2) is 4.36. The van der Waals surface area contributed by atoms with Gasteiger partial charge in [0.2, 0.25) is 0 Å². The number of oxazole rings is 1. The van der Waals surface area contributed by atoms with Gasteiger partial charge in [0, 0.05) is 20.0 Å². The minimum Gasteiger partial charge on any atom is -0.441 e. The Kier molecular flexibility index (Phi) is 2.79. The van der Waals surface area contributed by atoms with Gasteiger partial charge in [-0.1, -0.05) is 6.07 Å². The number of benzene rings is 1. The molecular formula is C15H17N3O. The van der Waals surface area contributed by atoms with Crippen LogP contribution in [0.15, 0.2) is 22.6 Å². The van der Waals surface area contributed by atoms with Gasteiger partial charge in [-0.05, 0) is 37.6 Å². The second-order valence-corrected chi connectivity index (χ2v) is 5.60. The van der Waals surface area contributed by atoms with E-state index >= 15 is 0 Å². The monoisotopic (exact) mass is 255 g/mol. The number of hydrogen-bond acceptors (Lipinski definition) is 4. The van der Waals surface area contributed by atoms with E-state index in [4.69, 9.17) is 9.68 Å². The third kappa shape index (κ3) is 2.47. The molecule has 0 amide bonds. The minimum atomic E-state index is -0.0817. The Balaban J connectivity index is 1.72. The minimum absolute atomic E-state index is 0.0817. The van der Waals surface area contributed by atoms with Crippen LogP contribution in [-0.2, 0) is 6.54 Å². The first-order valence-corrected chi connectivity index (χ1v) is 6.56. The average Bonchev–Trinajstić information content (AvgIpc) is 3.03. The molecule has 1 heterocycles. The molecule has 0 bridgehead atoms.